The van der Waals surface area contributed by atoms with Gasteiger partial charge in [-0.05, 0) is 102 Å². The molecule has 0 aromatic heterocycles. The van der Waals surface area contributed by atoms with E-state index in [0.717, 1.165) is 17.1 Å². The molecule has 0 radical (unpaired) electrons. The highest BCUT2D eigenvalue weighted by Crippen LogP contribution is 2.53. The van der Waals surface area contributed by atoms with Crippen molar-refractivity contribution in [3.63, 3.8) is 0 Å². The number of hydrogen-bond acceptors (Lipinski definition) is 1. The fourth-order valence-corrected chi connectivity index (χ4v) is 7.79. The average molecular weight is 614 g/mol. The molecule has 0 saturated heterocycles. The highest BCUT2D eigenvalue weighted by Gasteiger charge is 2.35. The minimum atomic E-state index is -0.195. The molecule has 1 aliphatic rings. The molecule has 0 amide bonds. The number of anilines is 3. The third-order valence-corrected chi connectivity index (χ3v) is 10.2. The van der Waals surface area contributed by atoms with Gasteiger partial charge in [0.15, 0.2) is 0 Å². The van der Waals surface area contributed by atoms with Gasteiger partial charge in [0.05, 0.1) is 0 Å². The standard InChI is InChI=1S/C47H35N/c1-47(2)43-19-11-18-36-23-28-41(35-15-7-4-8-16-35)46(45(36)43)42-29-27-40(31-44(42)47)48(39-26-22-33-14-9-10-17-37(33)30-39)38-24-20-34(21-25-38)32-12-5-3-6-13-32/h3-31H,1-2H3. The Bertz CT molecular complexity index is 2460. The number of rotatable bonds is 5. The number of fused-ring (bicyclic) bond motifs is 3. The minimum absolute atomic E-state index is 0.195. The lowest BCUT2D eigenvalue weighted by molar-refractivity contribution is 0.645. The molecule has 0 heterocycles. The van der Waals surface area contributed by atoms with Crippen LogP contribution < -0.4 is 4.90 Å². The first-order chi connectivity index (χ1) is 23.6. The lowest BCUT2D eigenvalue weighted by Crippen LogP contribution is -2.24. The predicted molar refractivity (Wildman–Crippen MR) is 205 cm³/mol. The monoisotopic (exact) mass is 613 g/mol. The van der Waals surface area contributed by atoms with Crippen molar-refractivity contribution in [3.05, 3.63) is 187 Å². The van der Waals surface area contributed by atoms with Crippen LogP contribution in [0.4, 0.5) is 17.1 Å². The second-order valence-corrected chi connectivity index (χ2v) is 13.4. The van der Waals surface area contributed by atoms with Crippen LogP contribution in [0.3, 0.4) is 0 Å². The van der Waals surface area contributed by atoms with E-state index in [4.69, 9.17) is 0 Å². The molecule has 1 aliphatic carbocycles. The van der Waals surface area contributed by atoms with Crippen molar-refractivity contribution >= 4 is 38.6 Å². The quantitative estimate of drug-likeness (QED) is 0.187. The molecule has 0 fully saturated rings. The molecule has 0 bridgehead atoms. The number of nitrogens with zero attached hydrogens (tertiary/aromatic N) is 1. The van der Waals surface area contributed by atoms with E-state index in [0.29, 0.717) is 0 Å². The highest BCUT2D eigenvalue weighted by molar-refractivity contribution is 6.09. The summed E-state index contributed by atoms with van der Waals surface area (Å²) in [5.41, 5.74) is 13.5. The SMILES string of the molecule is CC1(C)c2cc(N(c3ccc(-c4ccccc4)cc3)c3ccc4ccccc4c3)ccc2-c2c(-c3ccccc3)ccc3cccc1c23. The Morgan fingerprint density at radius 1 is 0.375 bits per heavy atom. The molecule has 228 valence electrons. The Morgan fingerprint density at radius 2 is 0.938 bits per heavy atom. The summed E-state index contributed by atoms with van der Waals surface area (Å²) >= 11 is 0. The fraction of sp³-hybridized carbons (Fsp3) is 0.0638. The molecule has 48 heavy (non-hydrogen) atoms. The lowest BCUT2D eigenvalue weighted by Gasteiger charge is -2.37. The van der Waals surface area contributed by atoms with Gasteiger partial charge < -0.3 is 4.90 Å². The van der Waals surface area contributed by atoms with Gasteiger partial charge in [0, 0.05) is 22.5 Å². The molecule has 1 nitrogen and oxygen atoms in total. The molecule has 0 saturated carbocycles. The topological polar surface area (TPSA) is 3.24 Å². The molecule has 0 spiro atoms. The molecule has 0 unspecified atom stereocenters. The highest BCUT2D eigenvalue weighted by atomic mass is 15.1. The van der Waals surface area contributed by atoms with Crippen LogP contribution in [-0.4, -0.2) is 0 Å². The maximum absolute atomic E-state index is 2.44. The first-order valence-electron chi connectivity index (χ1n) is 16.8. The molecule has 1 heteroatoms. The summed E-state index contributed by atoms with van der Waals surface area (Å²) in [7, 11) is 0. The van der Waals surface area contributed by atoms with Crippen molar-refractivity contribution in [1.82, 2.24) is 0 Å². The van der Waals surface area contributed by atoms with Gasteiger partial charge in [0.25, 0.3) is 0 Å². The Hall–Kier alpha value is -5.92. The Morgan fingerprint density at radius 3 is 1.71 bits per heavy atom. The van der Waals surface area contributed by atoms with Crippen molar-refractivity contribution in [2.24, 2.45) is 0 Å². The second-order valence-electron chi connectivity index (χ2n) is 13.4. The third kappa shape index (κ3) is 4.54. The van der Waals surface area contributed by atoms with Crippen LogP contribution in [0.25, 0.3) is 54.9 Å². The van der Waals surface area contributed by atoms with Gasteiger partial charge >= 0.3 is 0 Å². The summed E-state index contributed by atoms with van der Waals surface area (Å²) in [4.78, 5) is 2.41. The zero-order valence-corrected chi connectivity index (χ0v) is 27.2. The van der Waals surface area contributed by atoms with E-state index >= 15 is 0 Å². The molecular weight excluding hydrogens is 579 g/mol. The molecule has 8 aromatic carbocycles. The summed E-state index contributed by atoms with van der Waals surface area (Å²) in [6.07, 6.45) is 0. The van der Waals surface area contributed by atoms with E-state index in [1.165, 1.54) is 66.1 Å². The zero-order chi connectivity index (χ0) is 32.2. The molecule has 0 atom stereocenters. The Balaban J connectivity index is 1.26. The van der Waals surface area contributed by atoms with Crippen LogP contribution in [0.2, 0.25) is 0 Å². The van der Waals surface area contributed by atoms with Crippen molar-refractivity contribution in [3.8, 4) is 33.4 Å². The van der Waals surface area contributed by atoms with Crippen LogP contribution in [0, 0.1) is 0 Å². The van der Waals surface area contributed by atoms with Crippen molar-refractivity contribution < 1.29 is 0 Å². The molecule has 8 aromatic rings. The largest absolute Gasteiger partial charge is 0.310 e. The summed E-state index contributed by atoms with van der Waals surface area (Å²) < 4.78 is 0. The van der Waals surface area contributed by atoms with E-state index in [9.17, 15) is 0 Å². The smallest absolute Gasteiger partial charge is 0.0468 e. The van der Waals surface area contributed by atoms with Gasteiger partial charge in [-0.1, -0.05) is 153 Å². The van der Waals surface area contributed by atoms with Crippen LogP contribution in [-0.2, 0) is 5.41 Å². The molecular formula is C47H35N. The minimum Gasteiger partial charge on any atom is -0.310 e. The van der Waals surface area contributed by atoms with E-state index in [2.05, 4.69) is 195 Å². The molecule has 9 rings (SSSR count). The lowest BCUT2D eigenvalue weighted by atomic mass is 9.67. The van der Waals surface area contributed by atoms with Gasteiger partial charge in [-0.2, -0.15) is 0 Å². The Kier molecular flexibility index (Phi) is 6.55. The van der Waals surface area contributed by atoms with E-state index < -0.39 is 0 Å². The fourth-order valence-electron chi connectivity index (χ4n) is 7.79. The maximum atomic E-state index is 2.44. The average Bonchev–Trinajstić information content (AvgIpc) is 3.15. The molecule has 0 aliphatic heterocycles. The predicted octanol–water partition coefficient (Wildman–Crippen LogP) is 13.1. The molecule has 0 N–H and O–H groups in total. The van der Waals surface area contributed by atoms with E-state index in [1.54, 1.807) is 0 Å². The van der Waals surface area contributed by atoms with E-state index in [-0.39, 0.29) is 5.41 Å². The van der Waals surface area contributed by atoms with Gasteiger partial charge in [0.1, 0.15) is 0 Å². The first kappa shape index (κ1) is 28.3. The number of hydrogen-bond donors (Lipinski definition) is 0. The van der Waals surface area contributed by atoms with Crippen LogP contribution in [0.1, 0.15) is 25.0 Å². The van der Waals surface area contributed by atoms with Gasteiger partial charge in [0.2, 0.25) is 0 Å². The van der Waals surface area contributed by atoms with Crippen molar-refractivity contribution in [2.75, 3.05) is 4.90 Å². The van der Waals surface area contributed by atoms with Gasteiger partial charge in [-0.15, -0.1) is 0 Å². The van der Waals surface area contributed by atoms with Crippen molar-refractivity contribution in [2.45, 2.75) is 19.3 Å². The van der Waals surface area contributed by atoms with Crippen LogP contribution >= 0.6 is 0 Å². The number of benzene rings is 8. The summed E-state index contributed by atoms with van der Waals surface area (Å²) in [5, 5.41) is 5.13. The maximum Gasteiger partial charge on any atom is 0.0468 e. The van der Waals surface area contributed by atoms with E-state index in [1.807, 2.05) is 0 Å². The zero-order valence-electron chi connectivity index (χ0n) is 27.2. The normalized spacial score (nSPS) is 13.0. The Labute approximate surface area is 282 Å². The van der Waals surface area contributed by atoms with Crippen molar-refractivity contribution in [1.29, 1.82) is 0 Å². The summed E-state index contributed by atoms with van der Waals surface area (Å²) in [6, 6.07) is 64.4. The van der Waals surface area contributed by atoms with Gasteiger partial charge in [-0.25, -0.2) is 0 Å². The summed E-state index contributed by atoms with van der Waals surface area (Å²) in [5.74, 6) is 0. The third-order valence-electron chi connectivity index (χ3n) is 10.2. The van der Waals surface area contributed by atoms with Crippen LogP contribution in [0.15, 0.2) is 176 Å². The summed E-state index contributed by atoms with van der Waals surface area (Å²) in [6.45, 7) is 4.77. The first-order valence-corrected chi connectivity index (χ1v) is 16.8. The van der Waals surface area contributed by atoms with Gasteiger partial charge in [-0.3, -0.25) is 0 Å². The second kappa shape index (κ2) is 11.1. The van der Waals surface area contributed by atoms with Crippen LogP contribution in [0.5, 0.6) is 0 Å².